The molecule has 0 aliphatic rings. The summed E-state index contributed by atoms with van der Waals surface area (Å²) >= 11 is 0.0416. The molecule has 0 aliphatic carbocycles. The van der Waals surface area contributed by atoms with Crippen LogP contribution in [-0.4, -0.2) is 24.9 Å². The molecule has 0 radical (unpaired) electrons. The summed E-state index contributed by atoms with van der Waals surface area (Å²) in [7, 11) is 0. The molecule has 0 amide bonds. The Hall–Kier alpha value is -3.14. The molecular weight excluding hydrogens is 427 g/mol. The number of hydrogen-bond acceptors (Lipinski definition) is 4. The van der Waals surface area contributed by atoms with Crippen molar-refractivity contribution in [2.45, 2.75) is 13.2 Å². The zero-order valence-corrected chi connectivity index (χ0v) is 17.5. The molecule has 0 fully saturated rings. The Kier molecular flexibility index (Phi) is 6.53. The molecule has 4 rings (SSSR count). The number of nitrogens with zero attached hydrogens (tertiary/aromatic N) is 2. The summed E-state index contributed by atoms with van der Waals surface area (Å²) in [4.78, 5) is 9.07. The Morgan fingerprint density at radius 1 is 0.621 bits per heavy atom. The van der Waals surface area contributed by atoms with E-state index in [2.05, 4.69) is 22.1 Å². The van der Waals surface area contributed by atoms with Crippen LogP contribution in [0.25, 0.3) is 0 Å². The van der Waals surface area contributed by atoms with Crippen molar-refractivity contribution in [3.8, 4) is 11.9 Å². The molecule has 1 heterocycles. The van der Waals surface area contributed by atoms with Gasteiger partial charge in [-0.2, -0.15) is 0 Å². The first-order valence-corrected chi connectivity index (χ1v) is 11.0. The molecular formula is C24H20N2O2Se. The second kappa shape index (κ2) is 9.87. The first-order chi connectivity index (χ1) is 14.3. The summed E-state index contributed by atoms with van der Waals surface area (Å²) < 4.78 is 14.0. The van der Waals surface area contributed by atoms with Crippen molar-refractivity contribution in [1.29, 1.82) is 0 Å². The molecule has 4 aromatic rings. The molecule has 4 nitrogen and oxygen atoms in total. The van der Waals surface area contributed by atoms with Gasteiger partial charge in [-0.25, -0.2) is 0 Å². The van der Waals surface area contributed by atoms with Gasteiger partial charge in [-0.15, -0.1) is 0 Å². The summed E-state index contributed by atoms with van der Waals surface area (Å²) in [5.74, 6) is 0.528. The summed E-state index contributed by atoms with van der Waals surface area (Å²) in [6, 6.07) is 32.6. The van der Waals surface area contributed by atoms with Gasteiger partial charge in [0.1, 0.15) is 0 Å². The number of hydrogen-bond donors (Lipinski definition) is 0. The van der Waals surface area contributed by atoms with Gasteiger partial charge in [-0.3, -0.25) is 0 Å². The van der Waals surface area contributed by atoms with E-state index < -0.39 is 0 Å². The van der Waals surface area contributed by atoms with Crippen molar-refractivity contribution in [2.24, 2.45) is 0 Å². The van der Waals surface area contributed by atoms with Crippen molar-refractivity contribution in [1.82, 2.24) is 9.97 Å². The third-order valence-corrected chi connectivity index (χ3v) is 6.01. The van der Waals surface area contributed by atoms with Gasteiger partial charge in [0.15, 0.2) is 0 Å². The standard InChI is InChI=1S/C24H20N2O2Se/c1-4-10-19(11-5-1)17-27-22-16-23(29-21-14-8-3-9-15-21)26-24(25-22)28-18-20-12-6-2-7-13-20/h1-16H,17-18H2. The third kappa shape index (κ3) is 5.92. The molecule has 1 aromatic heterocycles. The number of benzene rings is 3. The van der Waals surface area contributed by atoms with Gasteiger partial charge >= 0.3 is 177 Å². The zero-order chi connectivity index (χ0) is 19.7. The van der Waals surface area contributed by atoms with Crippen LogP contribution < -0.4 is 18.5 Å². The second-order valence-corrected chi connectivity index (χ2v) is 8.59. The minimum absolute atomic E-state index is 0.0416. The zero-order valence-electron chi connectivity index (χ0n) is 15.8. The van der Waals surface area contributed by atoms with E-state index in [0.29, 0.717) is 25.1 Å². The fourth-order valence-electron chi connectivity index (χ4n) is 2.64. The average molecular weight is 447 g/mol. The van der Waals surface area contributed by atoms with Crippen molar-refractivity contribution in [3.05, 3.63) is 108 Å². The maximum atomic E-state index is 5.94. The molecule has 144 valence electrons. The van der Waals surface area contributed by atoms with Crippen LogP contribution in [0.1, 0.15) is 11.1 Å². The van der Waals surface area contributed by atoms with Gasteiger partial charge < -0.3 is 0 Å². The minimum atomic E-state index is 0.0416. The second-order valence-electron chi connectivity index (χ2n) is 6.29. The molecule has 0 saturated carbocycles. The predicted molar refractivity (Wildman–Crippen MR) is 115 cm³/mol. The Morgan fingerprint density at radius 2 is 1.17 bits per heavy atom. The summed E-state index contributed by atoms with van der Waals surface area (Å²) in [5, 5.41) is 0. The summed E-state index contributed by atoms with van der Waals surface area (Å²) in [6.45, 7) is 0.870. The van der Waals surface area contributed by atoms with E-state index in [1.165, 1.54) is 4.46 Å². The molecule has 0 unspecified atom stereocenters. The first-order valence-electron chi connectivity index (χ1n) is 9.30. The molecule has 0 bridgehead atoms. The van der Waals surface area contributed by atoms with Crippen molar-refractivity contribution in [2.75, 3.05) is 0 Å². The average Bonchev–Trinajstić information content (AvgIpc) is 2.78. The van der Waals surface area contributed by atoms with Gasteiger partial charge in [0.25, 0.3) is 0 Å². The van der Waals surface area contributed by atoms with Crippen molar-refractivity contribution < 1.29 is 9.47 Å². The van der Waals surface area contributed by atoms with Crippen LogP contribution >= 0.6 is 0 Å². The Labute approximate surface area is 176 Å². The molecule has 0 N–H and O–H groups in total. The number of ether oxygens (including phenoxy) is 2. The number of aromatic nitrogens is 2. The van der Waals surface area contributed by atoms with Crippen LogP contribution in [-0.2, 0) is 13.2 Å². The first kappa shape index (κ1) is 19.2. The molecule has 0 aliphatic heterocycles. The molecule has 5 heteroatoms. The third-order valence-electron chi connectivity index (χ3n) is 4.06. The molecule has 0 saturated heterocycles. The van der Waals surface area contributed by atoms with Gasteiger partial charge in [0.05, 0.1) is 0 Å². The van der Waals surface area contributed by atoms with Crippen LogP contribution in [0.2, 0.25) is 0 Å². The van der Waals surface area contributed by atoms with E-state index in [1.807, 2.05) is 84.9 Å². The Bertz CT molecular complexity index is 967. The topological polar surface area (TPSA) is 44.2 Å². The number of rotatable bonds is 8. The van der Waals surface area contributed by atoms with Gasteiger partial charge in [0.2, 0.25) is 0 Å². The summed E-state index contributed by atoms with van der Waals surface area (Å²) in [6.07, 6.45) is 0. The Balaban J connectivity index is 1.52. The maximum absolute atomic E-state index is 5.94. The monoisotopic (exact) mass is 448 g/mol. The van der Waals surface area contributed by atoms with E-state index in [9.17, 15) is 0 Å². The van der Waals surface area contributed by atoms with Gasteiger partial charge in [-0.1, -0.05) is 0 Å². The molecule has 0 atom stereocenters. The van der Waals surface area contributed by atoms with Crippen LogP contribution in [0.3, 0.4) is 0 Å². The van der Waals surface area contributed by atoms with Crippen LogP contribution in [0, 0.1) is 0 Å². The predicted octanol–water partition coefficient (Wildman–Crippen LogP) is 3.29. The molecule has 29 heavy (non-hydrogen) atoms. The quantitative estimate of drug-likeness (QED) is 0.389. The van der Waals surface area contributed by atoms with Crippen LogP contribution in [0.4, 0.5) is 0 Å². The fraction of sp³-hybridized carbons (Fsp3) is 0.0833. The van der Waals surface area contributed by atoms with E-state index in [4.69, 9.17) is 9.47 Å². The van der Waals surface area contributed by atoms with Crippen LogP contribution in [0.15, 0.2) is 97.1 Å². The van der Waals surface area contributed by atoms with Crippen LogP contribution in [0.5, 0.6) is 11.9 Å². The van der Waals surface area contributed by atoms with E-state index in [-0.39, 0.29) is 15.0 Å². The van der Waals surface area contributed by atoms with Gasteiger partial charge in [-0.05, 0) is 0 Å². The van der Waals surface area contributed by atoms with E-state index in [1.54, 1.807) is 0 Å². The SMILES string of the molecule is c1ccc(COc2cc([Se]c3ccccc3)nc(OCc3ccccc3)n2)cc1. The molecule has 0 spiro atoms. The molecule has 3 aromatic carbocycles. The normalized spacial score (nSPS) is 10.5. The van der Waals surface area contributed by atoms with Crippen molar-refractivity contribution >= 4 is 24.0 Å². The van der Waals surface area contributed by atoms with Crippen molar-refractivity contribution in [3.63, 3.8) is 0 Å². The van der Waals surface area contributed by atoms with Gasteiger partial charge in [0, 0.05) is 0 Å². The Morgan fingerprint density at radius 3 is 1.79 bits per heavy atom. The summed E-state index contributed by atoms with van der Waals surface area (Å²) in [5.41, 5.74) is 2.16. The van der Waals surface area contributed by atoms with E-state index >= 15 is 0 Å². The fourth-order valence-corrected chi connectivity index (χ4v) is 4.35. The van der Waals surface area contributed by atoms with E-state index in [0.717, 1.165) is 15.7 Å².